The van der Waals surface area contributed by atoms with Gasteiger partial charge in [-0.15, -0.1) is 0 Å². The number of nitrogens with one attached hydrogen (secondary N) is 1. The highest BCUT2D eigenvalue weighted by atomic mass is 16.5. The number of methoxy groups -OCH3 is 2. The number of carbonyl (C=O) groups is 1. The van der Waals surface area contributed by atoms with Crippen molar-refractivity contribution in [1.82, 2.24) is 14.8 Å². The molecule has 3 rings (SSSR count). The predicted octanol–water partition coefficient (Wildman–Crippen LogP) is 3.40. The molecule has 30 heavy (non-hydrogen) atoms. The summed E-state index contributed by atoms with van der Waals surface area (Å²) in [5.74, 6) is 1.27. The minimum Gasteiger partial charge on any atom is -0.493 e. The van der Waals surface area contributed by atoms with Crippen LogP contribution in [0, 0.1) is 0 Å². The van der Waals surface area contributed by atoms with Gasteiger partial charge in [0.05, 0.1) is 14.2 Å². The first-order valence-corrected chi connectivity index (χ1v) is 10.1. The van der Waals surface area contributed by atoms with Crippen LogP contribution in [0.2, 0.25) is 0 Å². The number of likely N-dealkylation sites (N-methyl/N-ethyl adjacent to an activating group) is 1. The molecular formula is C24H31N3O3. The van der Waals surface area contributed by atoms with E-state index in [2.05, 4.69) is 33.1 Å². The van der Waals surface area contributed by atoms with Crippen LogP contribution in [0.15, 0.2) is 48.7 Å². The molecule has 0 bridgehead atoms. The average Bonchev–Trinajstić information content (AvgIpc) is 3.08. The molecule has 0 saturated heterocycles. The van der Waals surface area contributed by atoms with Crippen molar-refractivity contribution in [3.63, 3.8) is 0 Å². The molecule has 3 aromatic rings. The summed E-state index contributed by atoms with van der Waals surface area (Å²) in [5, 5.41) is 4.20. The van der Waals surface area contributed by atoms with Crippen LogP contribution in [0.3, 0.4) is 0 Å². The third-order valence-electron chi connectivity index (χ3n) is 5.38. The van der Waals surface area contributed by atoms with Gasteiger partial charge in [-0.2, -0.15) is 0 Å². The predicted molar refractivity (Wildman–Crippen MR) is 120 cm³/mol. The summed E-state index contributed by atoms with van der Waals surface area (Å²) in [4.78, 5) is 14.9. The van der Waals surface area contributed by atoms with E-state index in [-0.39, 0.29) is 11.8 Å². The van der Waals surface area contributed by atoms with Crippen molar-refractivity contribution in [2.45, 2.75) is 12.3 Å². The molecule has 6 nitrogen and oxygen atoms in total. The number of para-hydroxylation sites is 1. The lowest BCUT2D eigenvalue weighted by atomic mass is 9.87. The standard InChI is InChI=1S/C24H31N3O3/c1-26(2)13-12-25-24(28)15-19(17-10-11-22(29-4)23(14-17)30-5)20-16-27(3)21-9-7-6-8-18(20)21/h6-11,14,16,19H,12-13,15H2,1-5H3,(H,25,28). The molecule has 0 aliphatic heterocycles. The molecular weight excluding hydrogens is 378 g/mol. The fourth-order valence-corrected chi connectivity index (χ4v) is 3.80. The zero-order valence-electron chi connectivity index (χ0n) is 18.4. The van der Waals surface area contributed by atoms with Crippen LogP contribution in [-0.2, 0) is 11.8 Å². The smallest absolute Gasteiger partial charge is 0.220 e. The summed E-state index contributed by atoms with van der Waals surface area (Å²) >= 11 is 0. The fourth-order valence-electron chi connectivity index (χ4n) is 3.80. The number of amides is 1. The summed E-state index contributed by atoms with van der Waals surface area (Å²) in [7, 11) is 9.28. The van der Waals surface area contributed by atoms with Gasteiger partial charge in [0.1, 0.15) is 0 Å². The van der Waals surface area contributed by atoms with Gasteiger partial charge in [-0.3, -0.25) is 4.79 Å². The van der Waals surface area contributed by atoms with E-state index in [1.807, 2.05) is 51.5 Å². The second-order valence-electron chi connectivity index (χ2n) is 7.74. The number of fused-ring (bicyclic) bond motifs is 1. The van der Waals surface area contributed by atoms with Gasteiger partial charge in [-0.25, -0.2) is 0 Å². The Kier molecular flexibility index (Phi) is 7.00. The number of aromatic nitrogens is 1. The van der Waals surface area contributed by atoms with Gasteiger partial charge in [-0.1, -0.05) is 24.3 Å². The van der Waals surface area contributed by atoms with E-state index in [1.54, 1.807) is 14.2 Å². The van der Waals surface area contributed by atoms with Crippen molar-refractivity contribution in [1.29, 1.82) is 0 Å². The summed E-state index contributed by atoms with van der Waals surface area (Å²) in [6, 6.07) is 14.2. The van der Waals surface area contributed by atoms with Crippen molar-refractivity contribution in [3.8, 4) is 11.5 Å². The zero-order chi connectivity index (χ0) is 21.7. The fraction of sp³-hybridized carbons (Fsp3) is 0.375. The highest BCUT2D eigenvalue weighted by Crippen LogP contribution is 2.38. The van der Waals surface area contributed by atoms with Crippen LogP contribution in [0.5, 0.6) is 11.5 Å². The minimum absolute atomic E-state index is 0.0320. The maximum atomic E-state index is 12.8. The molecule has 1 atom stereocenters. The molecule has 160 valence electrons. The normalized spacial score (nSPS) is 12.2. The molecule has 1 N–H and O–H groups in total. The van der Waals surface area contributed by atoms with Gasteiger partial charge in [0, 0.05) is 49.6 Å². The van der Waals surface area contributed by atoms with E-state index in [9.17, 15) is 4.79 Å². The Morgan fingerprint density at radius 1 is 1.10 bits per heavy atom. The Labute approximate surface area is 178 Å². The molecule has 0 fully saturated rings. The van der Waals surface area contributed by atoms with Crippen molar-refractivity contribution < 1.29 is 14.3 Å². The molecule has 1 heterocycles. The third kappa shape index (κ3) is 4.76. The van der Waals surface area contributed by atoms with Gasteiger partial charge in [-0.05, 0) is 43.4 Å². The van der Waals surface area contributed by atoms with E-state index in [1.165, 1.54) is 0 Å². The first-order valence-electron chi connectivity index (χ1n) is 10.1. The summed E-state index contributed by atoms with van der Waals surface area (Å²) < 4.78 is 13.0. The second kappa shape index (κ2) is 9.67. The molecule has 1 amide bonds. The van der Waals surface area contributed by atoms with Gasteiger partial charge >= 0.3 is 0 Å². The SMILES string of the molecule is COc1ccc(C(CC(=O)NCCN(C)C)c2cn(C)c3ccccc23)cc1OC. The molecule has 2 aromatic carbocycles. The molecule has 0 aliphatic rings. The maximum absolute atomic E-state index is 12.8. The van der Waals surface area contributed by atoms with Crippen molar-refractivity contribution in [2.24, 2.45) is 7.05 Å². The molecule has 6 heteroatoms. The Bertz CT molecular complexity index is 1010. The Balaban J connectivity index is 2.00. The number of nitrogens with zero attached hydrogens (tertiary/aromatic N) is 2. The van der Waals surface area contributed by atoms with Crippen LogP contribution in [0.4, 0.5) is 0 Å². The first-order chi connectivity index (χ1) is 14.4. The number of ether oxygens (including phenoxy) is 2. The van der Waals surface area contributed by atoms with Crippen LogP contribution >= 0.6 is 0 Å². The summed E-state index contributed by atoms with van der Waals surface area (Å²) in [6.45, 7) is 1.43. The molecule has 0 aliphatic carbocycles. The molecule has 0 radical (unpaired) electrons. The first kappa shape index (κ1) is 21.7. The van der Waals surface area contributed by atoms with Crippen LogP contribution in [0.25, 0.3) is 10.9 Å². The minimum atomic E-state index is -0.102. The summed E-state index contributed by atoms with van der Waals surface area (Å²) in [6.07, 6.45) is 2.48. The largest absolute Gasteiger partial charge is 0.493 e. The Morgan fingerprint density at radius 3 is 2.53 bits per heavy atom. The number of aryl methyl sites for hydroxylation is 1. The van der Waals surface area contributed by atoms with Gasteiger partial charge in [0.15, 0.2) is 11.5 Å². The number of carbonyl (C=O) groups excluding carboxylic acids is 1. The molecule has 1 aromatic heterocycles. The van der Waals surface area contributed by atoms with Crippen molar-refractivity contribution in [3.05, 3.63) is 59.8 Å². The lowest BCUT2D eigenvalue weighted by Crippen LogP contribution is -2.32. The monoisotopic (exact) mass is 409 g/mol. The lowest BCUT2D eigenvalue weighted by molar-refractivity contribution is -0.121. The van der Waals surface area contributed by atoms with Crippen LogP contribution < -0.4 is 14.8 Å². The van der Waals surface area contributed by atoms with Crippen LogP contribution in [-0.4, -0.2) is 56.8 Å². The van der Waals surface area contributed by atoms with Gasteiger partial charge < -0.3 is 24.3 Å². The molecule has 1 unspecified atom stereocenters. The lowest BCUT2D eigenvalue weighted by Gasteiger charge is -2.19. The second-order valence-corrected chi connectivity index (χ2v) is 7.74. The number of hydrogen-bond donors (Lipinski definition) is 1. The van der Waals surface area contributed by atoms with Gasteiger partial charge in [0.25, 0.3) is 0 Å². The van der Waals surface area contributed by atoms with Crippen molar-refractivity contribution in [2.75, 3.05) is 41.4 Å². The number of benzene rings is 2. The topological polar surface area (TPSA) is 55.7 Å². The number of hydrogen-bond acceptors (Lipinski definition) is 4. The average molecular weight is 410 g/mol. The van der Waals surface area contributed by atoms with E-state index < -0.39 is 0 Å². The van der Waals surface area contributed by atoms with Crippen molar-refractivity contribution >= 4 is 16.8 Å². The van der Waals surface area contributed by atoms with E-state index >= 15 is 0 Å². The number of rotatable bonds is 9. The zero-order valence-corrected chi connectivity index (χ0v) is 18.4. The Morgan fingerprint density at radius 2 is 1.83 bits per heavy atom. The van der Waals surface area contributed by atoms with Gasteiger partial charge in [0.2, 0.25) is 5.91 Å². The maximum Gasteiger partial charge on any atom is 0.220 e. The molecule has 0 spiro atoms. The Hall–Kier alpha value is -2.99. The highest BCUT2D eigenvalue weighted by molar-refractivity contribution is 5.86. The summed E-state index contributed by atoms with van der Waals surface area (Å²) in [5.41, 5.74) is 3.29. The van der Waals surface area contributed by atoms with E-state index in [0.29, 0.717) is 24.5 Å². The van der Waals surface area contributed by atoms with E-state index in [0.717, 1.165) is 28.6 Å². The van der Waals surface area contributed by atoms with Crippen LogP contribution in [0.1, 0.15) is 23.5 Å². The molecule has 0 saturated carbocycles. The highest BCUT2D eigenvalue weighted by Gasteiger charge is 2.23. The third-order valence-corrected chi connectivity index (χ3v) is 5.38. The quantitative estimate of drug-likeness (QED) is 0.589. The van der Waals surface area contributed by atoms with E-state index in [4.69, 9.17) is 9.47 Å².